The smallest absolute Gasteiger partial charge is 0.328 e. The van der Waals surface area contributed by atoms with E-state index in [0.29, 0.717) is 30.3 Å². The number of ether oxygens (including phenoxy) is 3. The summed E-state index contributed by atoms with van der Waals surface area (Å²) >= 11 is 0. The standard InChI is InChI=1S/C22H26O5/c1-22(2,3)17-9-11-18(12-10-17)26-14-15-27-21-16(8-13-20(23)24)6-5-7-19(21)25-4/h5-13H,14-15H2,1-4H3,(H,23,24). The van der Waals surface area contributed by atoms with Crippen LogP contribution < -0.4 is 14.2 Å². The number of methoxy groups -OCH3 is 1. The Morgan fingerprint density at radius 1 is 1.04 bits per heavy atom. The minimum atomic E-state index is -1.02. The Labute approximate surface area is 160 Å². The van der Waals surface area contributed by atoms with Crippen LogP contribution in [0.2, 0.25) is 0 Å². The molecule has 27 heavy (non-hydrogen) atoms. The molecule has 0 unspecified atom stereocenters. The van der Waals surface area contributed by atoms with E-state index in [1.807, 2.05) is 12.1 Å². The zero-order chi connectivity index (χ0) is 19.9. The molecule has 0 atom stereocenters. The van der Waals surface area contributed by atoms with Crippen molar-refractivity contribution in [3.05, 3.63) is 59.7 Å². The summed E-state index contributed by atoms with van der Waals surface area (Å²) < 4.78 is 16.8. The monoisotopic (exact) mass is 370 g/mol. The number of benzene rings is 2. The number of hydrogen-bond donors (Lipinski definition) is 1. The Morgan fingerprint density at radius 2 is 1.70 bits per heavy atom. The molecule has 0 aliphatic rings. The molecule has 0 saturated heterocycles. The number of carboxylic acids is 1. The Bertz CT molecular complexity index is 785. The molecule has 5 nitrogen and oxygen atoms in total. The third kappa shape index (κ3) is 6.06. The van der Waals surface area contributed by atoms with Gasteiger partial charge in [-0.25, -0.2) is 4.79 Å². The molecule has 2 rings (SSSR count). The van der Waals surface area contributed by atoms with Gasteiger partial charge in [-0.15, -0.1) is 0 Å². The second kappa shape index (κ2) is 9.12. The number of carbonyl (C=O) groups is 1. The van der Waals surface area contributed by atoms with E-state index in [2.05, 4.69) is 32.9 Å². The van der Waals surface area contributed by atoms with Gasteiger partial charge in [0, 0.05) is 11.6 Å². The van der Waals surface area contributed by atoms with Crippen molar-refractivity contribution in [2.75, 3.05) is 20.3 Å². The Hall–Kier alpha value is -2.95. The zero-order valence-electron chi connectivity index (χ0n) is 16.2. The van der Waals surface area contributed by atoms with E-state index >= 15 is 0 Å². The van der Waals surface area contributed by atoms with Gasteiger partial charge in [0.05, 0.1) is 7.11 Å². The molecular formula is C22H26O5. The van der Waals surface area contributed by atoms with Gasteiger partial charge in [-0.1, -0.05) is 45.0 Å². The number of hydrogen-bond acceptors (Lipinski definition) is 4. The molecule has 1 N–H and O–H groups in total. The number of rotatable bonds is 8. The van der Waals surface area contributed by atoms with Gasteiger partial charge >= 0.3 is 5.97 Å². The maximum absolute atomic E-state index is 10.8. The van der Waals surface area contributed by atoms with Crippen LogP contribution in [0.5, 0.6) is 17.2 Å². The molecule has 144 valence electrons. The minimum absolute atomic E-state index is 0.103. The lowest BCUT2D eigenvalue weighted by Crippen LogP contribution is -2.12. The van der Waals surface area contributed by atoms with Crippen LogP contribution in [0.15, 0.2) is 48.5 Å². The first-order chi connectivity index (χ1) is 12.8. The van der Waals surface area contributed by atoms with Gasteiger partial charge in [-0.2, -0.15) is 0 Å². The predicted octanol–water partition coefficient (Wildman–Crippen LogP) is 4.55. The summed E-state index contributed by atoms with van der Waals surface area (Å²) in [6, 6.07) is 13.3. The van der Waals surface area contributed by atoms with Crippen LogP contribution in [0.4, 0.5) is 0 Å². The summed E-state index contributed by atoms with van der Waals surface area (Å²) in [6.07, 6.45) is 2.54. The van der Waals surface area contributed by atoms with Crippen molar-refractivity contribution in [2.24, 2.45) is 0 Å². The predicted molar refractivity (Wildman–Crippen MR) is 106 cm³/mol. The lowest BCUT2D eigenvalue weighted by molar-refractivity contribution is -0.131. The van der Waals surface area contributed by atoms with Crippen LogP contribution in [0.1, 0.15) is 31.9 Å². The van der Waals surface area contributed by atoms with E-state index in [1.165, 1.54) is 11.6 Å². The van der Waals surface area contributed by atoms with E-state index in [9.17, 15) is 4.79 Å². The molecule has 2 aromatic rings. The summed E-state index contributed by atoms with van der Waals surface area (Å²) in [5, 5.41) is 8.82. The maximum Gasteiger partial charge on any atom is 0.328 e. The van der Waals surface area contributed by atoms with Crippen molar-refractivity contribution in [1.82, 2.24) is 0 Å². The van der Waals surface area contributed by atoms with Crippen molar-refractivity contribution in [1.29, 1.82) is 0 Å². The molecule has 0 amide bonds. The van der Waals surface area contributed by atoms with Crippen molar-refractivity contribution >= 4 is 12.0 Å². The molecule has 0 radical (unpaired) electrons. The highest BCUT2D eigenvalue weighted by Crippen LogP contribution is 2.32. The average Bonchev–Trinajstić information content (AvgIpc) is 2.63. The van der Waals surface area contributed by atoms with Gasteiger partial charge in [0.2, 0.25) is 0 Å². The molecule has 0 saturated carbocycles. The van der Waals surface area contributed by atoms with Crippen LogP contribution in [0.3, 0.4) is 0 Å². The summed E-state index contributed by atoms with van der Waals surface area (Å²) in [7, 11) is 1.54. The van der Waals surface area contributed by atoms with Crippen LogP contribution in [0.25, 0.3) is 6.08 Å². The fourth-order valence-corrected chi connectivity index (χ4v) is 2.49. The lowest BCUT2D eigenvalue weighted by Gasteiger charge is -2.19. The van der Waals surface area contributed by atoms with E-state index in [-0.39, 0.29) is 5.41 Å². The molecule has 5 heteroatoms. The highest BCUT2D eigenvalue weighted by Gasteiger charge is 2.13. The van der Waals surface area contributed by atoms with E-state index in [1.54, 1.807) is 25.3 Å². The van der Waals surface area contributed by atoms with Gasteiger partial charge < -0.3 is 19.3 Å². The highest BCUT2D eigenvalue weighted by atomic mass is 16.5. The molecule has 2 aromatic carbocycles. The van der Waals surface area contributed by atoms with Gasteiger partial charge in [-0.3, -0.25) is 0 Å². The number of carboxylic acid groups (broad SMARTS) is 1. The molecule has 0 spiro atoms. The third-order valence-electron chi connectivity index (χ3n) is 3.95. The summed E-state index contributed by atoms with van der Waals surface area (Å²) in [6.45, 7) is 7.16. The molecule has 0 bridgehead atoms. The first kappa shape index (κ1) is 20.4. The average molecular weight is 370 g/mol. The SMILES string of the molecule is COc1cccc(C=CC(=O)O)c1OCCOc1ccc(C(C)(C)C)cc1. The van der Waals surface area contributed by atoms with Crippen molar-refractivity contribution < 1.29 is 24.1 Å². The first-order valence-corrected chi connectivity index (χ1v) is 8.75. The van der Waals surface area contributed by atoms with Crippen molar-refractivity contribution in [2.45, 2.75) is 26.2 Å². The van der Waals surface area contributed by atoms with Crippen LogP contribution in [0, 0.1) is 0 Å². The van der Waals surface area contributed by atoms with Gasteiger partial charge in [-0.05, 0) is 35.3 Å². The Kier molecular flexibility index (Phi) is 6.88. The number of para-hydroxylation sites is 1. The third-order valence-corrected chi connectivity index (χ3v) is 3.95. The molecule has 0 fully saturated rings. The van der Waals surface area contributed by atoms with Crippen molar-refractivity contribution in [3.63, 3.8) is 0 Å². The highest BCUT2D eigenvalue weighted by molar-refractivity contribution is 5.86. The summed E-state index contributed by atoms with van der Waals surface area (Å²) in [4.78, 5) is 10.8. The second-order valence-corrected chi connectivity index (χ2v) is 7.02. The summed E-state index contributed by atoms with van der Waals surface area (Å²) in [5.74, 6) is 0.782. The minimum Gasteiger partial charge on any atom is -0.493 e. The Morgan fingerprint density at radius 3 is 2.30 bits per heavy atom. The summed E-state index contributed by atoms with van der Waals surface area (Å²) in [5.41, 5.74) is 1.98. The second-order valence-electron chi connectivity index (χ2n) is 7.02. The quantitative estimate of drug-likeness (QED) is 0.545. The first-order valence-electron chi connectivity index (χ1n) is 8.75. The van der Waals surface area contributed by atoms with E-state index in [4.69, 9.17) is 19.3 Å². The van der Waals surface area contributed by atoms with E-state index in [0.717, 1.165) is 11.8 Å². The molecule has 0 heterocycles. The Balaban J connectivity index is 1.97. The maximum atomic E-state index is 10.8. The lowest BCUT2D eigenvalue weighted by atomic mass is 9.87. The van der Waals surface area contributed by atoms with Gasteiger partial charge in [0.15, 0.2) is 11.5 Å². The van der Waals surface area contributed by atoms with Crippen LogP contribution in [-0.4, -0.2) is 31.4 Å². The molecule has 0 aliphatic carbocycles. The fourth-order valence-electron chi connectivity index (χ4n) is 2.49. The van der Waals surface area contributed by atoms with Gasteiger partial charge in [0.25, 0.3) is 0 Å². The normalized spacial score (nSPS) is 11.4. The van der Waals surface area contributed by atoms with Crippen LogP contribution in [-0.2, 0) is 10.2 Å². The zero-order valence-corrected chi connectivity index (χ0v) is 16.2. The molecule has 0 aliphatic heterocycles. The number of aliphatic carboxylic acids is 1. The topological polar surface area (TPSA) is 65.0 Å². The van der Waals surface area contributed by atoms with Gasteiger partial charge in [0.1, 0.15) is 19.0 Å². The molecular weight excluding hydrogens is 344 g/mol. The largest absolute Gasteiger partial charge is 0.493 e. The van der Waals surface area contributed by atoms with E-state index < -0.39 is 5.97 Å². The van der Waals surface area contributed by atoms with Crippen LogP contribution >= 0.6 is 0 Å². The molecule has 0 aromatic heterocycles. The van der Waals surface area contributed by atoms with Crippen molar-refractivity contribution in [3.8, 4) is 17.2 Å². The fraction of sp³-hybridized carbons (Fsp3) is 0.318.